The lowest BCUT2D eigenvalue weighted by atomic mass is 10.1. The number of nitrogens with one attached hydrogen (secondary N) is 1. The predicted molar refractivity (Wildman–Crippen MR) is 82.6 cm³/mol. The maximum Gasteiger partial charge on any atom is 0.272 e. The molecule has 5 heteroatoms. The van der Waals surface area contributed by atoms with Gasteiger partial charge in [0.25, 0.3) is 5.91 Å². The lowest BCUT2D eigenvalue weighted by molar-refractivity contribution is -0.0126. The molecule has 0 aliphatic carbocycles. The van der Waals surface area contributed by atoms with Crippen LogP contribution in [0.2, 0.25) is 0 Å². The van der Waals surface area contributed by atoms with Crippen molar-refractivity contribution in [3.8, 4) is 0 Å². The van der Waals surface area contributed by atoms with Gasteiger partial charge in [0.2, 0.25) is 0 Å². The Bertz CT molecular complexity index is 672. The van der Waals surface area contributed by atoms with Crippen LogP contribution < -0.4 is 5.32 Å². The molecule has 1 saturated heterocycles. The second kappa shape index (κ2) is 5.69. The molecule has 0 bridgehead atoms. The largest absolute Gasteiger partial charge is 0.375 e. The van der Waals surface area contributed by atoms with Crippen LogP contribution in [0.5, 0.6) is 0 Å². The molecular weight excluding hydrogens is 266 g/mol. The lowest BCUT2D eigenvalue weighted by Crippen LogP contribution is -2.44. The molecule has 1 fully saturated rings. The second-order valence-electron chi connectivity index (χ2n) is 5.26. The number of nitrogens with zero attached hydrogens (tertiary/aromatic N) is 2. The highest BCUT2D eigenvalue weighted by Crippen LogP contribution is 2.23. The van der Waals surface area contributed by atoms with Gasteiger partial charge in [0.05, 0.1) is 12.7 Å². The summed E-state index contributed by atoms with van der Waals surface area (Å²) in [6.07, 6.45) is 0.0759. The summed E-state index contributed by atoms with van der Waals surface area (Å²) >= 11 is 0. The monoisotopic (exact) mass is 285 g/mol. The van der Waals surface area contributed by atoms with Crippen molar-refractivity contribution < 1.29 is 9.53 Å². The van der Waals surface area contributed by atoms with E-state index in [1.54, 1.807) is 0 Å². The number of morpholine rings is 1. The molecule has 1 unspecified atom stereocenters. The van der Waals surface area contributed by atoms with Crippen LogP contribution in [0.25, 0.3) is 10.8 Å². The Morgan fingerprint density at radius 2 is 2.24 bits per heavy atom. The summed E-state index contributed by atoms with van der Waals surface area (Å²) in [4.78, 5) is 18.9. The molecule has 2 heterocycles. The second-order valence-corrected chi connectivity index (χ2v) is 5.26. The quantitative estimate of drug-likeness (QED) is 0.918. The van der Waals surface area contributed by atoms with Gasteiger partial charge in [-0.15, -0.1) is 0 Å². The number of aromatic nitrogens is 1. The third kappa shape index (κ3) is 2.69. The fraction of sp³-hybridized carbons (Fsp3) is 0.375. The van der Waals surface area contributed by atoms with E-state index >= 15 is 0 Å². The van der Waals surface area contributed by atoms with Crippen molar-refractivity contribution in [2.75, 3.05) is 32.1 Å². The molecule has 1 aromatic heterocycles. The molecule has 1 amide bonds. The molecule has 2 aromatic rings. The van der Waals surface area contributed by atoms with Gasteiger partial charge >= 0.3 is 0 Å². The number of amides is 1. The topological polar surface area (TPSA) is 54.5 Å². The summed E-state index contributed by atoms with van der Waals surface area (Å²) in [6.45, 7) is 3.79. The molecule has 1 N–H and O–H groups in total. The number of carbonyl (C=O) groups excluding carboxylic acids is 1. The number of rotatable bonds is 2. The highest BCUT2D eigenvalue weighted by molar-refractivity contribution is 6.00. The van der Waals surface area contributed by atoms with Gasteiger partial charge in [-0.3, -0.25) is 4.79 Å². The maximum absolute atomic E-state index is 12.6. The van der Waals surface area contributed by atoms with E-state index in [-0.39, 0.29) is 12.0 Å². The molecule has 0 radical (unpaired) electrons. The summed E-state index contributed by atoms with van der Waals surface area (Å²) in [6, 6.07) is 9.79. The average molecular weight is 285 g/mol. The fourth-order valence-corrected chi connectivity index (χ4v) is 2.66. The molecule has 5 nitrogen and oxygen atoms in total. The van der Waals surface area contributed by atoms with E-state index in [2.05, 4.69) is 10.3 Å². The van der Waals surface area contributed by atoms with Gasteiger partial charge < -0.3 is 15.0 Å². The summed E-state index contributed by atoms with van der Waals surface area (Å²) in [5.74, 6) is 0.699. The van der Waals surface area contributed by atoms with Crippen LogP contribution in [0.3, 0.4) is 0 Å². The first kappa shape index (κ1) is 13.8. The van der Waals surface area contributed by atoms with E-state index in [0.717, 1.165) is 16.6 Å². The van der Waals surface area contributed by atoms with E-state index in [4.69, 9.17) is 4.74 Å². The van der Waals surface area contributed by atoms with Gasteiger partial charge in [0, 0.05) is 25.5 Å². The smallest absolute Gasteiger partial charge is 0.272 e. The van der Waals surface area contributed by atoms with Crippen molar-refractivity contribution in [3.63, 3.8) is 0 Å². The number of carbonyl (C=O) groups is 1. The van der Waals surface area contributed by atoms with Crippen LogP contribution in [0.1, 0.15) is 17.4 Å². The summed E-state index contributed by atoms with van der Waals surface area (Å²) in [7, 11) is 1.82. The number of benzene rings is 1. The SMILES string of the molecule is CNc1nc(C(=O)N2CCOC(C)C2)cc2ccccc12. The number of anilines is 1. The zero-order valence-corrected chi connectivity index (χ0v) is 12.3. The molecule has 3 rings (SSSR count). The van der Waals surface area contributed by atoms with Crippen LogP contribution in [0.4, 0.5) is 5.82 Å². The number of fused-ring (bicyclic) bond motifs is 1. The summed E-state index contributed by atoms with van der Waals surface area (Å²) < 4.78 is 5.48. The first-order valence-electron chi connectivity index (χ1n) is 7.17. The highest BCUT2D eigenvalue weighted by Gasteiger charge is 2.24. The van der Waals surface area contributed by atoms with Crippen LogP contribution in [-0.4, -0.2) is 48.6 Å². The third-order valence-electron chi connectivity index (χ3n) is 3.72. The van der Waals surface area contributed by atoms with Crippen LogP contribution in [-0.2, 0) is 4.74 Å². The molecule has 21 heavy (non-hydrogen) atoms. The average Bonchev–Trinajstić information content (AvgIpc) is 2.53. The predicted octanol–water partition coefficient (Wildman–Crippen LogP) is 2.14. The summed E-state index contributed by atoms with van der Waals surface area (Å²) in [5.41, 5.74) is 0.479. The van der Waals surface area contributed by atoms with E-state index in [1.807, 2.05) is 49.2 Å². The van der Waals surface area contributed by atoms with Gasteiger partial charge in [-0.05, 0) is 18.4 Å². The first-order valence-corrected chi connectivity index (χ1v) is 7.17. The van der Waals surface area contributed by atoms with Gasteiger partial charge in [-0.25, -0.2) is 4.98 Å². The van der Waals surface area contributed by atoms with Gasteiger partial charge in [-0.1, -0.05) is 24.3 Å². The minimum atomic E-state index is -0.0348. The van der Waals surface area contributed by atoms with Gasteiger partial charge in [0.15, 0.2) is 0 Å². The number of ether oxygens (including phenoxy) is 1. The molecule has 1 aliphatic heterocycles. The van der Waals surface area contributed by atoms with Crippen LogP contribution in [0, 0.1) is 0 Å². The zero-order chi connectivity index (χ0) is 14.8. The fourth-order valence-electron chi connectivity index (χ4n) is 2.66. The van der Waals surface area contributed by atoms with E-state index in [0.29, 0.717) is 25.4 Å². The summed E-state index contributed by atoms with van der Waals surface area (Å²) in [5, 5.41) is 5.11. The number of hydrogen-bond donors (Lipinski definition) is 1. The Kier molecular flexibility index (Phi) is 3.75. The van der Waals surface area contributed by atoms with Crippen molar-refractivity contribution in [1.29, 1.82) is 0 Å². The minimum absolute atomic E-state index is 0.0348. The van der Waals surface area contributed by atoms with Gasteiger partial charge in [-0.2, -0.15) is 0 Å². The minimum Gasteiger partial charge on any atom is -0.375 e. The first-order chi connectivity index (χ1) is 10.2. The standard InChI is InChI=1S/C16H19N3O2/c1-11-10-19(7-8-21-11)16(20)14-9-12-5-3-4-6-13(12)15(17-2)18-14/h3-6,9,11H,7-8,10H2,1-2H3,(H,17,18). The van der Waals surface area contributed by atoms with E-state index < -0.39 is 0 Å². The Morgan fingerprint density at radius 1 is 1.43 bits per heavy atom. The Balaban J connectivity index is 1.98. The van der Waals surface area contributed by atoms with E-state index in [1.165, 1.54) is 0 Å². The van der Waals surface area contributed by atoms with Crippen LogP contribution in [0.15, 0.2) is 30.3 Å². The van der Waals surface area contributed by atoms with Crippen molar-refractivity contribution in [1.82, 2.24) is 9.88 Å². The molecule has 0 saturated carbocycles. The number of pyridine rings is 1. The van der Waals surface area contributed by atoms with Crippen molar-refractivity contribution in [2.24, 2.45) is 0 Å². The Morgan fingerprint density at radius 3 is 3.00 bits per heavy atom. The normalized spacial score (nSPS) is 18.8. The third-order valence-corrected chi connectivity index (χ3v) is 3.72. The lowest BCUT2D eigenvalue weighted by Gasteiger charge is -2.31. The van der Waals surface area contributed by atoms with Crippen molar-refractivity contribution in [3.05, 3.63) is 36.0 Å². The number of hydrogen-bond acceptors (Lipinski definition) is 4. The van der Waals surface area contributed by atoms with Crippen LogP contribution >= 0.6 is 0 Å². The molecule has 0 spiro atoms. The molecule has 1 aromatic carbocycles. The Labute approximate surface area is 123 Å². The zero-order valence-electron chi connectivity index (χ0n) is 12.3. The maximum atomic E-state index is 12.6. The molecule has 1 atom stereocenters. The Hall–Kier alpha value is -2.14. The highest BCUT2D eigenvalue weighted by atomic mass is 16.5. The molecule has 110 valence electrons. The van der Waals surface area contributed by atoms with Crippen molar-refractivity contribution in [2.45, 2.75) is 13.0 Å². The van der Waals surface area contributed by atoms with Crippen molar-refractivity contribution >= 4 is 22.5 Å². The van der Waals surface area contributed by atoms with Gasteiger partial charge in [0.1, 0.15) is 11.5 Å². The van der Waals surface area contributed by atoms with E-state index in [9.17, 15) is 4.79 Å². The molecular formula is C16H19N3O2. The molecule has 1 aliphatic rings.